The van der Waals surface area contributed by atoms with Crippen LogP contribution in [0.25, 0.3) is 0 Å². The highest BCUT2D eigenvalue weighted by molar-refractivity contribution is 9.10. The van der Waals surface area contributed by atoms with Gasteiger partial charge in [-0.3, -0.25) is 14.4 Å². The van der Waals surface area contributed by atoms with Gasteiger partial charge in [-0.2, -0.15) is 0 Å². The summed E-state index contributed by atoms with van der Waals surface area (Å²) in [5.74, 6) is 0.0972. The lowest BCUT2D eigenvalue weighted by Gasteiger charge is -2.17. The van der Waals surface area contributed by atoms with E-state index >= 15 is 0 Å². The van der Waals surface area contributed by atoms with E-state index in [2.05, 4.69) is 15.9 Å². The molecule has 0 aliphatic rings. The smallest absolute Gasteiger partial charge is 0.322 e. The molecule has 0 saturated heterocycles. The van der Waals surface area contributed by atoms with E-state index in [-0.39, 0.29) is 32.4 Å². The fourth-order valence-electron chi connectivity index (χ4n) is 1.80. The molecule has 0 radical (unpaired) electrons. The predicted octanol–water partition coefficient (Wildman–Crippen LogP) is 2.35. The molecule has 0 atom stereocenters. The quantitative estimate of drug-likeness (QED) is 0.166. The molecule has 0 amide bonds. The summed E-state index contributed by atoms with van der Waals surface area (Å²) in [6.45, 7) is 7.33. The van der Waals surface area contributed by atoms with E-state index in [9.17, 15) is 14.4 Å². The Morgan fingerprint density at radius 3 is 1.79 bits per heavy atom. The van der Waals surface area contributed by atoms with Crippen LogP contribution in [0.1, 0.15) is 38.1 Å². The number of hydrogen-bond donors (Lipinski definition) is 0. The summed E-state index contributed by atoms with van der Waals surface area (Å²) in [4.78, 5) is 34.5. The van der Waals surface area contributed by atoms with Gasteiger partial charge in [-0.15, -0.1) is 0 Å². The monoisotopic (exact) mass is 456 g/mol. The lowest BCUT2D eigenvalue weighted by Crippen LogP contribution is -2.28. The summed E-state index contributed by atoms with van der Waals surface area (Å²) in [6.07, 6.45) is 0.673. The van der Waals surface area contributed by atoms with E-state index < -0.39 is 15.6 Å². The summed E-state index contributed by atoms with van der Waals surface area (Å²) in [6, 6.07) is 4.71. The fraction of sp³-hybridized carbons (Fsp3) is 0.526. The summed E-state index contributed by atoms with van der Waals surface area (Å²) < 4.78 is 20.5. The van der Waals surface area contributed by atoms with Gasteiger partial charge in [0.25, 0.3) is 0 Å². The molecular formula is C19H26BBrO7. The number of benzene rings is 1. The van der Waals surface area contributed by atoms with Gasteiger partial charge >= 0.3 is 11.9 Å². The van der Waals surface area contributed by atoms with Crippen molar-refractivity contribution in [2.75, 3.05) is 26.4 Å². The SMILES string of the molecule is BC(C)(C)C(=O)OCCOc1cc(C=O)cc(OCCOC(=O)C(C)(C)Br)c1. The number of hydrogen-bond acceptors (Lipinski definition) is 7. The molecule has 28 heavy (non-hydrogen) atoms. The summed E-state index contributed by atoms with van der Waals surface area (Å²) in [5.41, 5.74) is 0.373. The second kappa shape index (κ2) is 10.5. The summed E-state index contributed by atoms with van der Waals surface area (Å²) in [5, 5.41) is -0.577. The Bertz CT molecular complexity index is 640. The number of carbonyl (C=O) groups excluding carboxylic acids is 3. The molecule has 0 bridgehead atoms. The second-order valence-electron chi connectivity index (χ2n) is 7.55. The van der Waals surface area contributed by atoms with Crippen molar-refractivity contribution in [3.63, 3.8) is 0 Å². The van der Waals surface area contributed by atoms with Crippen molar-refractivity contribution in [2.45, 2.75) is 37.3 Å². The minimum absolute atomic E-state index is 0.0676. The van der Waals surface area contributed by atoms with Gasteiger partial charge in [0.2, 0.25) is 0 Å². The van der Waals surface area contributed by atoms with Crippen molar-refractivity contribution in [1.82, 2.24) is 0 Å². The zero-order chi connectivity index (χ0) is 21.4. The van der Waals surface area contributed by atoms with Crippen molar-refractivity contribution in [1.29, 1.82) is 0 Å². The maximum absolute atomic E-state index is 11.7. The molecule has 0 saturated carbocycles. The van der Waals surface area contributed by atoms with Crippen LogP contribution in [0.3, 0.4) is 0 Å². The standard InChI is InChI=1S/C19H26BBrO7/c1-18(2,20)16(23)27-7-5-25-14-9-13(12-22)10-15(11-14)26-6-8-28-17(24)19(3,4)21/h9-12H,5-8,20H2,1-4H3. The van der Waals surface area contributed by atoms with Crippen molar-refractivity contribution >= 4 is 42.0 Å². The number of aldehydes is 1. The first-order valence-corrected chi connectivity index (χ1v) is 9.62. The van der Waals surface area contributed by atoms with Gasteiger partial charge in [-0.05, 0) is 26.0 Å². The Hall–Kier alpha value is -2.03. The molecule has 1 aromatic carbocycles. The molecule has 0 aliphatic carbocycles. The van der Waals surface area contributed by atoms with Crippen molar-refractivity contribution in [3.05, 3.63) is 23.8 Å². The molecule has 0 N–H and O–H groups in total. The van der Waals surface area contributed by atoms with Crippen LogP contribution in [0.5, 0.6) is 11.5 Å². The molecule has 0 heterocycles. The maximum Gasteiger partial charge on any atom is 0.322 e. The fourth-order valence-corrected chi connectivity index (χ4v) is 1.92. The Morgan fingerprint density at radius 1 is 0.929 bits per heavy atom. The van der Waals surface area contributed by atoms with E-state index in [1.165, 1.54) is 0 Å². The highest BCUT2D eigenvalue weighted by Crippen LogP contribution is 2.23. The molecule has 1 rings (SSSR count). The van der Waals surface area contributed by atoms with Gasteiger partial charge in [0.05, 0.1) is 0 Å². The summed E-state index contributed by atoms with van der Waals surface area (Å²) >= 11 is 3.22. The Morgan fingerprint density at radius 2 is 1.39 bits per heavy atom. The van der Waals surface area contributed by atoms with Crippen LogP contribution in [0, 0.1) is 0 Å². The first-order chi connectivity index (χ1) is 12.9. The number of ether oxygens (including phenoxy) is 4. The molecule has 154 valence electrons. The summed E-state index contributed by atoms with van der Waals surface area (Å²) in [7, 11) is 1.77. The highest BCUT2D eigenvalue weighted by atomic mass is 79.9. The van der Waals surface area contributed by atoms with Crippen molar-refractivity contribution in [3.8, 4) is 11.5 Å². The molecule has 0 spiro atoms. The first kappa shape index (κ1) is 24.0. The second-order valence-corrected chi connectivity index (χ2v) is 9.53. The molecule has 0 aliphatic heterocycles. The number of alkyl halides is 1. The van der Waals surface area contributed by atoms with Crippen LogP contribution in [-0.4, -0.2) is 56.8 Å². The third-order valence-electron chi connectivity index (χ3n) is 3.31. The number of esters is 2. The van der Waals surface area contributed by atoms with Crippen LogP contribution in [0.15, 0.2) is 18.2 Å². The van der Waals surface area contributed by atoms with E-state index in [0.29, 0.717) is 23.3 Å². The van der Waals surface area contributed by atoms with Crippen molar-refractivity contribution < 1.29 is 33.3 Å². The molecule has 0 unspecified atom stereocenters. The lowest BCUT2D eigenvalue weighted by atomic mass is 9.73. The largest absolute Gasteiger partial charge is 0.490 e. The molecule has 7 nitrogen and oxygen atoms in total. The highest BCUT2D eigenvalue weighted by Gasteiger charge is 2.25. The van der Waals surface area contributed by atoms with Crippen LogP contribution >= 0.6 is 15.9 Å². The van der Waals surface area contributed by atoms with Gasteiger partial charge in [0.15, 0.2) is 0 Å². The minimum atomic E-state index is -0.762. The van der Waals surface area contributed by atoms with E-state index in [4.69, 9.17) is 18.9 Å². The lowest BCUT2D eigenvalue weighted by molar-refractivity contribution is -0.147. The molecule has 9 heteroatoms. The van der Waals surface area contributed by atoms with Crippen LogP contribution in [-0.2, 0) is 19.1 Å². The van der Waals surface area contributed by atoms with Crippen LogP contribution in [0.4, 0.5) is 0 Å². The normalized spacial score (nSPS) is 11.5. The topological polar surface area (TPSA) is 88.1 Å². The van der Waals surface area contributed by atoms with Gasteiger partial charge in [0.1, 0.15) is 56.4 Å². The van der Waals surface area contributed by atoms with Crippen LogP contribution < -0.4 is 9.47 Å². The van der Waals surface area contributed by atoms with Gasteiger partial charge in [-0.25, -0.2) is 0 Å². The Kier molecular flexibility index (Phi) is 9.01. The van der Waals surface area contributed by atoms with E-state index in [0.717, 1.165) is 0 Å². The van der Waals surface area contributed by atoms with Crippen molar-refractivity contribution in [2.24, 2.45) is 0 Å². The number of rotatable bonds is 11. The first-order valence-electron chi connectivity index (χ1n) is 8.82. The van der Waals surface area contributed by atoms with Gasteiger partial charge in [0, 0.05) is 16.9 Å². The maximum atomic E-state index is 11.7. The third kappa shape index (κ3) is 8.78. The molecule has 0 aromatic heterocycles. The van der Waals surface area contributed by atoms with Gasteiger partial charge in [-0.1, -0.05) is 29.8 Å². The minimum Gasteiger partial charge on any atom is -0.490 e. The average Bonchev–Trinajstić information content (AvgIpc) is 2.60. The predicted molar refractivity (Wildman–Crippen MR) is 110 cm³/mol. The number of carbonyl (C=O) groups is 3. The van der Waals surface area contributed by atoms with E-state index in [1.54, 1.807) is 53.7 Å². The van der Waals surface area contributed by atoms with E-state index in [1.807, 2.05) is 0 Å². The number of halogens is 1. The molecule has 0 fully saturated rings. The average molecular weight is 457 g/mol. The zero-order valence-corrected chi connectivity index (χ0v) is 18.5. The zero-order valence-electron chi connectivity index (χ0n) is 16.9. The molecule has 1 aromatic rings. The Labute approximate surface area is 174 Å². The third-order valence-corrected chi connectivity index (χ3v) is 3.63. The van der Waals surface area contributed by atoms with Crippen LogP contribution in [0.2, 0.25) is 5.31 Å². The Balaban J connectivity index is 2.53. The molecular weight excluding hydrogens is 431 g/mol. The van der Waals surface area contributed by atoms with Gasteiger partial charge < -0.3 is 18.9 Å².